The van der Waals surface area contributed by atoms with Gasteiger partial charge in [0.2, 0.25) is 0 Å². The first kappa shape index (κ1) is 12.7. The third-order valence-corrected chi connectivity index (χ3v) is 3.60. The number of nitrogens with one attached hydrogen (secondary N) is 1. The first-order chi connectivity index (χ1) is 9.71. The second-order valence-corrected chi connectivity index (χ2v) is 5.00. The van der Waals surface area contributed by atoms with Crippen molar-refractivity contribution in [1.29, 1.82) is 0 Å². The van der Waals surface area contributed by atoms with Crippen LogP contribution in [0.5, 0.6) is 0 Å². The minimum Gasteiger partial charge on any atom is -0.375 e. The van der Waals surface area contributed by atoms with Crippen molar-refractivity contribution in [3.05, 3.63) is 95.3 Å². The molecule has 0 saturated heterocycles. The number of aliphatic hydroxyl groups is 1. The average molecular weight is 263 g/mol. The van der Waals surface area contributed by atoms with Gasteiger partial charge < -0.3 is 10.1 Å². The molecule has 3 aromatic rings. The summed E-state index contributed by atoms with van der Waals surface area (Å²) in [5.74, 6) is 0. The molecule has 0 atom stereocenters. The maximum atomic E-state index is 11.4. The first-order valence-electron chi connectivity index (χ1n) is 6.71. The molecule has 0 fully saturated rings. The van der Waals surface area contributed by atoms with Crippen molar-refractivity contribution >= 4 is 0 Å². The van der Waals surface area contributed by atoms with E-state index in [1.807, 2.05) is 79.7 Å². The van der Waals surface area contributed by atoms with Crippen LogP contribution in [0, 0.1) is 6.92 Å². The molecule has 20 heavy (non-hydrogen) atoms. The molecule has 0 unspecified atom stereocenters. The highest BCUT2D eigenvalue weighted by Crippen LogP contribution is 2.35. The fourth-order valence-corrected chi connectivity index (χ4v) is 2.55. The standard InChI is InChI=1S/C18H17NO/c1-14-12-13-17(19-14)18(20,15-8-4-2-5-9-15)16-10-6-3-7-11-16/h2-13,19-20H,1H3. The Balaban J connectivity index is 2.23. The van der Waals surface area contributed by atoms with Crippen LogP contribution in [0.4, 0.5) is 0 Å². The Kier molecular flexibility index (Phi) is 3.17. The topological polar surface area (TPSA) is 36.0 Å². The van der Waals surface area contributed by atoms with Gasteiger partial charge in [-0.3, -0.25) is 0 Å². The predicted octanol–water partition coefficient (Wildman–Crippen LogP) is 3.61. The Morgan fingerprint density at radius 2 is 1.25 bits per heavy atom. The van der Waals surface area contributed by atoms with E-state index in [0.717, 1.165) is 22.5 Å². The molecule has 0 aliphatic heterocycles. The van der Waals surface area contributed by atoms with Gasteiger partial charge >= 0.3 is 0 Å². The lowest BCUT2D eigenvalue weighted by molar-refractivity contribution is 0.121. The van der Waals surface area contributed by atoms with Crippen LogP contribution in [-0.2, 0) is 5.60 Å². The summed E-state index contributed by atoms with van der Waals surface area (Å²) in [4.78, 5) is 3.26. The number of aryl methyl sites for hydroxylation is 1. The van der Waals surface area contributed by atoms with E-state index in [1.54, 1.807) is 0 Å². The molecule has 3 rings (SSSR count). The molecule has 1 aromatic heterocycles. The molecule has 0 spiro atoms. The van der Waals surface area contributed by atoms with Crippen molar-refractivity contribution in [3.8, 4) is 0 Å². The molecule has 0 aliphatic carbocycles. The van der Waals surface area contributed by atoms with Gasteiger partial charge in [-0.1, -0.05) is 60.7 Å². The maximum absolute atomic E-state index is 11.4. The molecule has 2 nitrogen and oxygen atoms in total. The van der Waals surface area contributed by atoms with Gasteiger partial charge in [-0.25, -0.2) is 0 Å². The van der Waals surface area contributed by atoms with E-state index in [-0.39, 0.29) is 0 Å². The Labute approximate surface area is 118 Å². The Bertz CT molecular complexity index is 646. The molecule has 1 heterocycles. The lowest BCUT2D eigenvalue weighted by Crippen LogP contribution is -2.29. The monoisotopic (exact) mass is 263 g/mol. The second-order valence-electron chi connectivity index (χ2n) is 5.00. The third-order valence-electron chi connectivity index (χ3n) is 3.60. The van der Waals surface area contributed by atoms with E-state index >= 15 is 0 Å². The van der Waals surface area contributed by atoms with Crippen molar-refractivity contribution < 1.29 is 5.11 Å². The summed E-state index contributed by atoms with van der Waals surface area (Å²) in [6.45, 7) is 1.99. The molecule has 2 aromatic carbocycles. The molecule has 100 valence electrons. The molecule has 0 radical (unpaired) electrons. The zero-order valence-electron chi connectivity index (χ0n) is 11.4. The van der Waals surface area contributed by atoms with E-state index < -0.39 is 5.60 Å². The summed E-state index contributed by atoms with van der Waals surface area (Å²) in [6.07, 6.45) is 0. The molecule has 0 aliphatic rings. The van der Waals surface area contributed by atoms with Crippen molar-refractivity contribution in [2.45, 2.75) is 12.5 Å². The lowest BCUT2D eigenvalue weighted by atomic mass is 9.84. The van der Waals surface area contributed by atoms with Crippen LogP contribution in [-0.4, -0.2) is 10.1 Å². The van der Waals surface area contributed by atoms with Gasteiger partial charge in [-0.2, -0.15) is 0 Å². The van der Waals surface area contributed by atoms with Crippen LogP contribution in [0.25, 0.3) is 0 Å². The summed E-state index contributed by atoms with van der Waals surface area (Å²) in [5.41, 5.74) is 2.37. The summed E-state index contributed by atoms with van der Waals surface area (Å²) >= 11 is 0. The highest BCUT2D eigenvalue weighted by molar-refractivity contribution is 5.44. The average Bonchev–Trinajstić information content (AvgIpc) is 2.95. The fourth-order valence-electron chi connectivity index (χ4n) is 2.55. The molecule has 0 bridgehead atoms. The van der Waals surface area contributed by atoms with Gasteiger partial charge in [0.05, 0.1) is 5.69 Å². The third kappa shape index (κ3) is 2.04. The van der Waals surface area contributed by atoms with Crippen LogP contribution in [0.15, 0.2) is 72.8 Å². The van der Waals surface area contributed by atoms with Gasteiger partial charge in [-0.05, 0) is 30.2 Å². The van der Waals surface area contributed by atoms with E-state index in [9.17, 15) is 5.11 Å². The Hall–Kier alpha value is -2.32. The Morgan fingerprint density at radius 1 is 0.750 bits per heavy atom. The number of hydrogen-bond acceptors (Lipinski definition) is 1. The fraction of sp³-hybridized carbons (Fsp3) is 0.111. The summed E-state index contributed by atoms with van der Waals surface area (Å²) in [7, 11) is 0. The zero-order chi connectivity index (χ0) is 14.0. The minimum atomic E-state index is -1.16. The SMILES string of the molecule is Cc1ccc(C(O)(c2ccccc2)c2ccccc2)[nH]1. The number of aromatic amines is 1. The molecular formula is C18H17NO. The van der Waals surface area contributed by atoms with E-state index in [4.69, 9.17) is 0 Å². The van der Waals surface area contributed by atoms with Gasteiger partial charge in [0.25, 0.3) is 0 Å². The number of hydrogen-bond donors (Lipinski definition) is 2. The van der Waals surface area contributed by atoms with Crippen molar-refractivity contribution in [2.24, 2.45) is 0 Å². The first-order valence-corrected chi connectivity index (χ1v) is 6.71. The normalized spacial score (nSPS) is 11.5. The highest BCUT2D eigenvalue weighted by Gasteiger charge is 2.34. The Morgan fingerprint density at radius 3 is 1.65 bits per heavy atom. The number of rotatable bonds is 3. The summed E-state index contributed by atoms with van der Waals surface area (Å²) in [5, 5.41) is 11.4. The van der Waals surface area contributed by atoms with Crippen LogP contribution >= 0.6 is 0 Å². The quantitative estimate of drug-likeness (QED) is 0.744. The molecule has 2 heteroatoms. The van der Waals surface area contributed by atoms with Gasteiger partial charge in [-0.15, -0.1) is 0 Å². The van der Waals surface area contributed by atoms with Crippen LogP contribution in [0.2, 0.25) is 0 Å². The summed E-state index contributed by atoms with van der Waals surface area (Å²) in [6, 6.07) is 23.4. The summed E-state index contributed by atoms with van der Waals surface area (Å²) < 4.78 is 0. The van der Waals surface area contributed by atoms with Crippen LogP contribution in [0.1, 0.15) is 22.5 Å². The lowest BCUT2D eigenvalue weighted by Gasteiger charge is -2.28. The minimum absolute atomic E-state index is 0.785. The molecule has 2 N–H and O–H groups in total. The second kappa shape index (κ2) is 4.99. The predicted molar refractivity (Wildman–Crippen MR) is 80.5 cm³/mol. The highest BCUT2D eigenvalue weighted by atomic mass is 16.3. The number of aromatic nitrogens is 1. The van der Waals surface area contributed by atoms with E-state index in [2.05, 4.69) is 4.98 Å². The number of benzene rings is 2. The van der Waals surface area contributed by atoms with Crippen molar-refractivity contribution in [1.82, 2.24) is 4.98 Å². The maximum Gasteiger partial charge on any atom is 0.155 e. The van der Waals surface area contributed by atoms with E-state index in [0.29, 0.717) is 0 Å². The van der Waals surface area contributed by atoms with Crippen molar-refractivity contribution in [3.63, 3.8) is 0 Å². The van der Waals surface area contributed by atoms with Crippen LogP contribution in [0.3, 0.4) is 0 Å². The number of H-pyrrole nitrogens is 1. The van der Waals surface area contributed by atoms with E-state index in [1.165, 1.54) is 0 Å². The molecular weight excluding hydrogens is 246 g/mol. The largest absolute Gasteiger partial charge is 0.375 e. The van der Waals surface area contributed by atoms with Gasteiger partial charge in [0, 0.05) is 5.69 Å². The molecule has 0 saturated carbocycles. The molecule has 0 amide bonds. The van der Waals surface area contributed by atoms with Crippen molar-refractivity contribution in [2.75, 3.05) is 0 Å². The smallest absolute Gasteiger partial charge is 0.155 e. The zero-order valence-corrected chi connectivity index (χ0v) is 11.4. The van der Waals surface area contributed by atoms with Gasteiger partial charge in [0.1, 0.15) is 0 Å². The van der Waals surface area contributed by atoms with Gasteiger partial charge in [0.15, 0.2) is 5.60 Å². The van der Waals surface area contributed by atoms with Crippen LogP contribution < -0.4 is 0 Å².